The van der Waals surface area contributed by atoms with Crippen molar-refractivity contribution < 1.29 is 0 Å². The summed E-state index contributed by atoms with van der Waals surface area (Å²) in [5, 5.41) is 4.49. The van der Waals surface area contributed by atoms with E-state index in [4.69, 9.17) is 0 Å². The second kappa shape index (κ2) is 5.78. The second-order valence-electron chi connectivity index (χ2n) is 4.83. The highest BCUT2D eigenvalue weighted by Gasteiger charge is 2.03. The molecule has 2 rings (SSSR count). The molecule has 0 unspecified atom stereocenters. The summed E-state index contributed by atoms with van der Waals surface area (Å²) in [6.07, 6.45) is 2.72. The number of aryl methyl sites for hydroxylation is 1. The van der Waals surface area contributed by atoms with Crippen molar-refractivity contribution >= 4 is 16.7 Å². The Bertz CT molecular complexity index is 522. The Hall–Kier alpha value is -1.68. The molecule has 4 nitrogen and oxygen atoms in total. The van der Waals surface area contributed by atoms with Gasteiger partial charge in [0.05, 0.1) is 5.52 Å². The molecule has 1 aromatic carbocycles. The number of benzene rings is 1. The van der Waals surface area contributed by atoms with Crippen LogP contribution in [-0.4, -0.2) is 42.1 Å². The summed E-state index contributed by atoms with van der Waals surface area (Å²) < 4.78 is 0. The number of hydrogen-bond donors (Lipinski definition) is 1. The maximum absolute atomic E-state index is 4.33. The molecule has 0 spiro atoms. The summed E-state index contributed by atoms with van der Waals surface area (Å²) in [5.41, 5.74) is 2.22. The Morgan fingerprint density at radius 3 is 2.83 bits per heavy atom. The summed E-state index contributed by atoms with van der Waals surface area (Å²) in [7, 11) is 4.17. The van der Waals surface area contributed by atoms with Gasteiger partial charge < -0.3 is 10.2 Å². The smallest absolute Gasteiger partial charge is 0.137 e. The first-order valence-corrected chi connectivity index (χ1v) is 6.27. The fourth-order valence-corrected chi connectivity index (χ4v) is 1.91. The van der Waals surface area contributed by atoms with E-state index in [1.54, 1.807) is 6.33 Å². The highest BCUT2D eigenvalue weighted by atomic mass is 15.1. The van der Waals surface area contributed by atoms with Gasteiger partial charge in [-0.15, -0.1) is 0 Å². The van der Waals surface area contributed by atoms with E-state index in [2.05, 4.69) is 53.3 Å². The highest BCUT2D eigenvalue weighted by molar-refractivity contribution is 5.89. The molecular formula is C14H20N4. The molecule has 0 aliphatic heterocycles. The van der Waals surface area contributed by atoms with Crippen molar-refractivity contribution in [3.63, 3.8) is 0 Å². The van der Waals surface area contributed by atoms with Crippen LogP contribution in [0.15, 0.2) is 24.5 Å². The molecule has 2 aromatic rings. The summed E-state index contributed by atoms with van der Waals surface area (Å²) in [6.45, 7) is 4.09. The lowest BCUT2D eigenvalue weighted by atomic mass is 10.1. The van der Waals surface area contributed by atoms with Gasteiger partial charge in [0.2, 0.25) is 0 Å². The second-order valence-corrected chi connectivity index (χ2v) is 4.83. The molecule has 0 saturated heterocycles. The summed E-state index contributed by atoms with van der Waals surface area (Å²) in [6, 6.07) is 6.24. The number of aromatic nitrogens is 2. The number of anilines is 1. The number of fused-ring (bicyclic) bond motifs is 1. The van der Waals surface area contributed by atoms with E-state index in [0.29, 0.717) is 0 Å². The van der Waals surface area contributed by atoms with Gasteiger partial charge in [-0.05, 0) is 46.1 Å². The van der Waals surface area contributed by atoms with Gasteiger partial charge in [-0.1, -0.05) is 11.6 Å². The van der Waals surface area contributed by atoms with E-state index in [9.17, 15) is 0 Å². The fourth-order valence-electron chi connectivity index (χ4n) is 1.91. The molecule has 0 fully saturated rings. The molecular weight excluding hydrogens is 224 g/mol. The first kappa shape index (κ1) is 12.8. The van der Waals surface area contributed by atoms with Gasteiger partial charge in [0.25, 0.3) is 0 Å². The van der Waals surface area contributed by atoms with Crippen LogP contribution in [0.4, 0.5) is 5.82 Å². The summed E-state index contributed by atoms with van der Waals surface area (Å²) in [4.78, 5) is 10.8. The van der Waals surface area contributed by atoms with Crippen molar-refractivity contribution in [1.29, 1.82) is 0 Å². The Kier molecular flexibility index (Phi) is 4.10. The van der Waals surface area contributed by atoms with Crippen LogP contribution in [0.25, 0.3) is 10.9 Å². The molecule has 0 amide bonds. The first-order valence-electron chi connectivity index (χ1n) is 6.27. The van der Waals surface area contributed by atoms with Crippen molar-refractivity contribution in [3.8, 4) is 0 Å². The fraction of sp³-hybridized carbons (Fsp3) is 0.429. The van der Waals surface area contributed by atoms with E-state index in [0.717, 1.165) is 36.2 Å². The molecule has 0 saturated carbocycles. The van der Waals surface area contributed by atoms with Gasteiger partial charge in [-0.25, -0.2) is 9.97 Å². The standard InChI is InChI=1S/C14H20N4/c1-11-5-6-13-12(9-11)14(17-10-16-13)15-7-4-8-18(2)3/h5-6,9-10H,4,7-8H2,1-3H3,(H,15,16,17). The summed E-state index contributed by atoms with van der Waals surface area (Å²) >= 11 is 0. The lowest BCUT2D eigenvalue weighted by molar-refractivity contribution is 0.405. The SMILES string of the molecule is Cc1ccc2ncnc(NCCCN(C)C)c2c1. The van der Waals surface area contributed by atoms with Gasteiger partial charge in [0.1, 0.15) is 12.1 Å². The molecule has 1 N–H and O–H groups in total. The van der Waals surface area contributed by atoms with Crippen molar-refractivity contribution in [2.75, 3.05) is 32.5 Å². The predicted octanol–water partition coefficient (Wildman–Crippen LogP) is 2.30. The molecule has 1 aromatic heterocycles. The van der Waals surface area contributed by atoms with Gasteiger partial charge in [-0.2, -0.15) is 0 Å². The van der Waals surface area contributed by atoms with Crippen LogP contribution in [0.2, 0.25) is 0 Å². The van der Waals surface area contributed by atoms with E-state index < -0.39 is 0 Å². The predicted molar refractivity (Wildman–Crippen MR) is 75.9 cm³/mol. The Morgan fingerprint density at radius 2 is 2.06 bits per heavy atom. The highest BCUT2D eigenvalue weighted by Crippen LogP contribution is 2.20. The number of nitrogens with zero attached hydrogens (tertiary/aromatic N) is 3. The molecule has 0 atom stereocenters. The van der Waals surface area contributed by atoms with Gasteiger partial charge in [0, 0.05) is 11.9 Å². The van der Waals surface area contributed by atoms with Crippen LogP contribution in [0.3, 0.4) is 0 Å². The molecule has 1 heterocycles. The van der Waals surface area contributed by atoms with Gasteiger partial charge >= 0.3 is 0 Å². The molecule has 0 radical (unpaired) electrons. The molecule has 0 aliphatic rings. The van der Waals surface area contributed by atoms with Gasteiger partial charge in [-0.3, -0.25) is 0 Å². The van der Waals surface area contributed by atoms with Crippen molar-refractivity contribution in [2.24, 2.45) is 0 Å². The van der Waals surface area contributed by atoms with Crippen molar-refractivity contribution in [2.45, 2.75) is 13.3 Å². The van der Waals surface area contributed by atoms with Crippen molar-refractivity contribution in [1.82, 2.24) is 14.9 Å². The quantitative estimate of drug-likeness (QED) is 0.819. The van der Waals surface area contributed by atoms with E-state index >= 15 is 0 Å². The zero-order chi connectivity index (χ0) is 13.0. The zero-order valence-electron chi connectivity index (χ0n) is 11.3. The molecule has 0 aliphatic carbocycles. The number of rotatable bonds is 5. The minimum atomic E-state index is 0.929. The molecule has 0 bridgehead atoms. The third-order valence-corrected chi connectivity index (χ3v) is 2.87. The minimum Gasteiger partial charge on any atom is -0.369 e. The lowest BCUT2D eigenvalue weighted by Crippen LogP contribution is -2.16. The lowest BCUT2D eigenvalue weighted by Gasteiger charge is -2.11. The third-order valence-electron chi connectivity index (χ3n) is 2.87. The van der Waals surface area contributed by atoms with E-state index in [-0.39, 0.29) is 0 Å². The van der Waals surface area contributed by atoms with Crippen LogP contribution in [-0.2, 0) is 0 Å². The minimum absolute atomic E-state index is 0.929. The maximum atomic E-state index is 4.33. The number of nitrogens with one attached hydrogen (secondary N) is 1. The Morgan fingerprint density at radius 1 is 1.22 bits per heavy atom. The van der Waals surface area contributed by atoms with E-state index in [1.807, 2.05) is 6.07 Å². The molecule has 4 heteroatoms. The van der Waals surface area contributed by atoms with Crippen LogP contribution in [0, 0.1) is 6.92 Å². The van der Waals surface area contributed by atoms with Crippen LogP contribution < -0.4 is 5.32 Å². The number of hydrogen-bond acceptors (Lipinski definition) is 4. The maximum Gasteiger partial charge on any atom is 0.137 e. The van der Waals surface area contributed by atoms with E-state index in [1.165, 1.54) is 5.56 Å². The molecule has 18 heavy (non-hydrogen) atoms. The Balaban J connectivity index is 2.10. The topological polar surface area (TPSA) is 41.1 Å². The Labute approximate surface area is 108 Å². The summed E-state index contributed by atoms with van der Waals surface area (Å²) in [5.74, 6) is 0.933. The normalized spacial score (nSPS) is 11.1. The van der Waals surface area contributed by atoms with Crippen LogP contribution in [0.5, 0.6) is 0 Å². The monoisotopic (exact) mass is 244 g/mol. The van der Waals surface area contributed by atoms with Crippen LogP contribution in [0.1, 0.15) is 12.0 Å². The average molecular weight is 244 g/mol. The van der Waals surface area contributed by atoms with Gasteiger partial charge in [0.15, 0.2) is 0 Å². The zero-order valence-corrected chi connectivity index (χ0v) is 11.3. The first-order chi connectivity index (χ1) is 8.66. The molecule has 96 valence electrons. The van der Waals surface area contributed by atoms with Crippen LogP contribution >= 0.6 is 0 Å². The average Bonchev–Trinajstić information content (AvgIpc) is 2.34. The largest absolute Gasteiger partial charge is 0.369 e. The van der Waals surface area contributed by atoms with Crippen molar-refractivity contribution in [3.05, 3.63) is 30.1 Å². The third kappa shape index (κ3) is 3.17.